The van der Waals surface area contributed by atoms with Crippen LogP contribution in [0.3, 0.4) is 0 Å². The van der Waals surface area contributed by atoms with E-state index in [1.807, 2.05) is 73.3 Å². The molecule has 0 saturated heterocycles. The molecule has 0 aliphatic carbocycles. The third-order valence-corrected chi connectivity index (χ3v) is 7.43. The minimum atomic E-state index is -0.151. The molecule has 6 heteroatoms. The zero-order chi connectivity index (χ0) is 24.1. The van der Waals surface area contributed by atoms with Gasteiger partial charge in [0.1, 0.15) is 12.3 Å². The SMILES string of the molecule is COc1ccc(C2c3ccsc3CCN2C(=O)CN(C(=O)CCc2ccccc2)C(C)C)cc1. The molecule has 1 unspecified atom stereocenters. The molecule has 1 atom stereocenters. The zero-order valence-corrected chi connectivity index (χ0v) is 20.9. The molecule has 1 aliphatic heterocycles. The molecule has 2 aromatic carbocycles. The Balaban J connectivity index is 1.52. The third kappa shape index (κ3) is 5.33. The van der Waals surface area contributed by atoms with Crippen LogP contribution in [0, 0.1) is 0 Å². The molecule has 0 bridgehead atoms. The highest BCUT2D eigenvalue weighted by atomic mass is 32.1. The van der Waals surface area contributed by atoms with Gasteiger partial charge in [-0.25, -0.2) is 0 Å². The number of thiophene rings is 1. The van der Waals surface area contributed by atoms with E-state index in [1.54, 1.807) is 23.3 Å². The normalized spacial score (nSPS) is 15.2. The Bertz CT molecular complexity index is 1110. The fraction of sp³-hybridized carbons (Fsp3) is 0.357. The molecular formula is C28H32N2O3S. The maximum atomic E-state index is 13.6. The van der Waals surface area contributed by atoms with Crippen LogP contribution in [-0.4, -0.2) is 47.9 Å². The van der Waals surface area contributed by atoms with E-state index in [2.05, 4.69) is 11.4 Å². The molecule has 0 saturated carbocycles. The summed E-state index contributed by atoms with van der Waals surface area (Å²) in [5, 5.41) is 2.10. The van der Waals surface area contributed by atoms with Crippen LogP contribution in [0.4, 0.5) is 0 Å². The van der Waals surface area contributed by atoms with Crippen molar-refractivity contribution in [3.63, 3.8) is 0 Å². The van der Waals surface area contributed by atoms with Gasteiger partial charge in [0.15, 0.2) is 0 Å². The Labute approximate surface area is 206 Å². The van der Waals surface area contributed by atoms with Gasteiger partial charge in [0, 0.05) is 23.9 Å². The second-order valence-electron chi connectivity index (χ2n) is 8.91. The average molecular weight is 477 g/mol. The number of hydrogen-bond donors (Lipinski definition) is 0. The first kappa shape index (κ1) is 24.0. The van der Waals surface area contributed by atoms with Crippen molar-refractivity contribution in [2.24, 2.45) is 0 Å². The molecule has 2 heterocycles. The number of ether oxygens (including phenoxy) is 1. The third-order valence-electron chi connectivity index (χ3n) is 6.44. The summed E-state index contributed by atoms with van der Waals surface area (Å²) >= 11 is 1.75. The molecule has 1 aliphatic rings. The molecular weight excluding hydrogens is 444 g/mol. The fourth-order valence-corrected chi connectivity index (χ4v) is 5.47. The summed E-state index contributed by atoms with van der Waals surface area (Å²) in [7, 11) is 1.65. The number of methoxy groups -OCH3 is 1. The van der Waals surface area contributed by atoms with E-state index >= 15 is 0 Å². The van der Waals surface area contributed by atoms with Gasteiger partial charge in [-0.05, 0) is 67.0 Å². The van der Waals surface area contributed by atoms with Gasteiger partial charge in [0.05, 0.1) is 13.2 Å². The van der Waals surface area contributed by atoms with Gasteiger partial charge in [0.25, 0.3) is 0 Å². The molecule has 4 rings (SSSR count). The van der Waals surface area contributed by atoms with Crippen LogP contribution >= 0.6 is 11.3 Å². The zero-order valence-electron chi connectivity index (χ0n) is 20.1. The van der Waals surface area contributed by atoms with Gasteiger partial charge < -0.3 is 14.5 Å². The lowest BCUT2D eigenvalue weighted by atomic mass is 9.93. The molecule has 0 fully saturated rings. The average Bonchev–Trinajstić information content (AvgIpc) is 3.34. The highest BCUT2D eigenvalue weighted by molar-refractivity contribution is 7.10. The highest BCUT2D eigenvalue weighted by Crippen LogP contribution is 2.38. The smallest absolute Gasteiger partial charge is 0.243 e. The lowest BCUT2D eigenvalue weighted by Crippen LogP contribution is -2.48. The molecule has 3 aromatic rings. The van der Waals surface area contributed by atoms with Crippen LogP contribution < -0.4 is 4.74 Å². The van der Waals surface area contributed by atoms with E-state index in [0.29, 0.717) is 19.4 Å². The summed E-state index contributed by atoms with van der Waals surface area (Å²) in [6.07, 6.45) is 1.91. The lowest BCUT2D eigenvalue weighted by molar-refractivity contribution is -0.143. The van der Waals surface area contributed by atoms with Crippen molar-refractivity contribution in [1.29, 1.82) is 0 Å². The van der Waals surface area contributed by atoms with Crippen LogP contribution in [0.5, 0.6) is 5.75 Å². The number of nitrogens with zero attached hydrogens (tertiary/aromatic N) is 2. The Kier molecular flexibility index (Phi) is 7.68. The first-order valence-electron chi connectivity index (χ1n) is 11.8. The Morgan fingerprint density at radius 3 is 2.50 bits per heavy atom. The predicted molar refractivity (Wildman–Crippen MR) is 136 cm³/mol. The van der Waals surface area contributed by atoms with Crippen LogP contribution in [0.25, 0.3) is 0 Å². The van der Waals surface area contributed by atoms with E-state index in [9.17, 15) is 9.59 Å². The van der Waals surface area contributed by atoms with Crippen LogP contribution in [-0.2, 0) is 22.4 Å². The Hall–Kier alpha value is -3.12. The first-order chi connectivity index (χ1) is 16.5. The number of rotatable bonds is 8. The second kappa shape index (κ2) is 10.9. The topological polar surface area (TPSA) is 49.9 Å². The van der Waals surface area contributed by atoms with E-state index < -0.39 is 0 Å². The van der Waals surface area contributed by atoms with Crippen molar-refractivity contribution in [2.45, 2.75) is 45.2 Å². The number of fused-ring (bicyclic) bond motifs is 1. The van der Waals surface area contributed by atoms with Gasteiger partial charge in [-0.1, -0.05) is 42.5 Å². The number of carbonyl (C=O) groups is 2. The van der Waals surface area contributed by atoms with Crippen molar-refractivity contribution in [1.82, 2.24) is 9.80 Å². The van der Waals surface area contributed by atoms with E-state index in [4.69, 9.17) is 4.74 Å². The molecule has 2 amide bonds. The van der Waals surface area contributed by atoms with Crippen molar-refractivity contribution in [3.8, 4) is 5.75 Å². The lowest BCUT2D eigenvalue weighted by Gasteiger charge is -2.38. The standard InChI is InChI=1S/C28H32N2O3S/c1-20(2)30(26(31)14-9-21-7-5-4-6-8-21)19-27(32)29-17-15-25-24(16-18-34-25)28(29)22-10-12-23(33-3)13-11-22/h4-8,10-13,16,18,20,28H,9,14-15,17,19H2,1-3H3. The maximum Gasteiger partial charge on any atom is 0.243 e. The second-order valence-corrected chi connectivity index (χ2v) is 9.91. The van der Waals surface area contributed by atoms with E-state index in [-0.39, 0.29) is 30.4 Å². The number of benzene rings is 2. The minimum absolute atomic E-state index is 0.0144. The predicted octanol–water partition coefficient (Wildman–Crippen LogP) is 5.10. The van der Waals surface area contributed by atoms with E-state index in [1.165, 1.54) is 10.4 Å². The fourth-order valence-electron chi connectivity index (χ4n) is 4.57. The Morgan fingerprint density at radius 1 is 1.09 bits per heavy atom. The van der Waals surface area contributed by atoms with Gasteiger partial charge in [-0.3, -0.25) is 9.59 Å². The van der Waals surface area contributed by atoms with Crippen molar-refractivity contribution in [3.05, 3.63) is 87.6 Å². The quantitative estimate of drug-likeness (QED) is 0.454. The molecule has 1 aromatic heterocycles. The molecule has 178 valence electrons. The number of amides is 2. The summed E-state index contributed by atoms with van der Waals surface area (Å²) in [6.45, 7) is 4.69. The first-order valence-corrected chi connectivity index (χ1v) is 12.7. The molecule has 0 N–H and O–H groups in total. The minimum Gasteiger partial charge on any atom is -0.497 e. The largest absolute Gasteiger partial charge is 0.497 e. The van der Waals surface area contributed by atoms with Gasteiger partial charge >= 0.3 is 0 Å². The summed E-state index contributed by atoms with van der Waals surface area (Å²) in [5.41, 5.74) is 3.37. The number of carbonyl (C=O) groups excluding carboxylic acids is 2. The van der Waals surface area contributed by atoms with Crippen LogP contribution in [0.15, 0.2) is 66.0 Å². The molecule has 0 radical (unpaired) electrons. The summed E-state index contributed by atoms with van der Waals surface area (Å²) in [6, 6.07) is 19.9. The van der Waals surface area contributed by atoms with Crippen LogP contribution in [0.2, 0.25) is 0 Å². The summed E-state index contributed by atoms with van der Waals surface area (Å²) in [5.74, 6) is 0.791. The monoisotopic (exact) mass is 476 g/mol. The molecule has 0 spiro atoms. The van der Waals surface area contributed by atoms with Gasteiger partial charge in [0.2, 0.25) is 11.8 Å². The molecule has 34 heavy (non-hydrogen) atoms. The van der Waals surface area contributed by atoms with Crippen LogP contribution in [0.1, 0.15) is 47.9 Å². The van der Waals surface area contributed by atoms with Gasteiger partial charge in [-0.15, -0.1) is 11.3 Å². The summed E-state index contributed by atoms with van der Waals surface area (Å²) in [4.78, 5) is 31.7. The highest BCUT2D eigenvalue weighted by Gasteiger charge is 2.34. The van der Waals surface area contributed by atoms with E-state index in [0.717, 1.165) is 23.3 Å². The van der Waals surface area contributed by atoms with Crippen molar-refractivity contribution >= 4 is 23.2 Å². The van der Waals surface area contributed by atoms with Gasteiger partial charge in [-0.2, -0.15) is 0 Å². The van der Waals surface area contributed by atoms with Crippen molar-refractivity contribution < 1.29 is 14.3 Å². The number of aryl methyl sites for hydroxylation is 1. The maximum absolute atomic E-state index is 13.6. The number of hydrogen-bond acceptors (Lipinski definition) is 4. The molecule has 5 nitrogen and oxygen atoms in total. The summed E-state index contributed by atoms with van der Waals surface area (Å²) < 4.78 is 5.32. The van der Waals surface area contributed by atoms with Crippen molar-refractivity contribution in [2.75, 3.05) is 20.2 Å². The Morgan fingerprint density at radius 2 is 1.82 bits per heavy atom.